The molecule has 74 valence electrons. The molecule has 2 atom stereocenters. The van der Waals surface area contributed by atoms with Gasteiger partial charge in [0, 0.05) is 6.54 Å². The maximum absolute atomic E-state index is 8.79. The first-order valence-electron chi connectivity index (χ1n) is 5.09. The predicted molar refractivity (Wildman–Crippen MR) is 54.2 cm³/mol. The Bertz CT molecular complexity index is 209. The molecule has 1 aliphatic rings. The van der Waals surface area contributed by atoms with Crippen molar-refractivity contribution in [1.82, 2.24) is 4.90 Å². The fraction of sp³-hybridized carbons (Fsp3) is 0.909. The lowest BCUT2D eigenvalue weighted by Crippen LogP contribution is -2.31. The van der Waals surface area contributed by atoms with Crippen LogP contribution >= 0.6 is 0 Å². The minimum atomic E-state index is 0.0901. The summed E-state index contributed by atoms with van der Waals surface area (Å²) in [5, 5.41) is 8.79. The lowest BCUT2D eigenvalue weighted by molar-refractivity contribution is 0.219. The van der Waals surface area contributed by atoms with E-state index >= 15 is 0 Å². The molecule has 0 spiro atoms. The zero-order valence-electron chi connectivity index (χ0n) is 9.17. The molecule has 0 bridgehead atoms. The van der Waals surface area contributed by atoms with Gasteiger partial charge in [-0.15, -0.1) is 0 Å². The molecule has 1 fully saturated rings. The van der Waals surface area contributed by atoms with Crippen LogP contribution in [0.2, 0.25) is 0 Å². The van der Waals surface area contributed by atoms with Gasteiger partial charge in [0.2, 0.25) is 0 Å². The lowest BCUT2D eigenvalue weighted by Gasteiger charge is -2.27. The van der Waals surface area contributed by atoms with Crippen LogP contribution in [0.3, 0.4) is 0 Å². The van der Waals surface area contributed by atoms with Crippen molar-refractivity contribution in [2.75, 3.05) is 13.1 Å². The first-order valence-corrected chi connectivity index (χ1v) is 5.09. The van der Waals surface area contributed by atoms with Gasteiger partial charge in [-0.05, 0) is 31.2 Å². The van der Waals surface area contributed by atoms with Gasteiger partial charge in [0.25, 0.3) is 0 Å². The number of hydrogen-bond donors (Lipinski definition) is 0. The van der Waals surface area contributed by atoms with E-state index in [-0.39, 0.29) is 6.04 Å². The Kier molecular flexibility index (Phi) is 2.98. The molecule has 2 unspecified atom stereocenters. The Morgan fingerprint density at radius 3 is 2.46 bits per heavy atom. The largest absolute Gasteiger partial charge is 0.288 e. The third-order valence-corrected chi connectivity index (χ3v) is 3.18. The van der Waals surface area contributed by atoms with Gasteiger partial charge in [0.1, 0.15) is 0 Å². The Morgan fingerprint density at radius 2 is 2.08 bits per heavy atom. The quantitative estimate of drug-likeness (QED) is 0.619. The standard InChI is InChI=1S/C11H20N2/c1-9(7-12)13-6-5-10(8-13)11(2,3)4/h9-10H,5-6,8H2,1-4H3. The molecule has 0 saturated carbocycles. The van der Waals surface area contributed by atoms with Gasteiger partial charge in [-0.2, -0.15) is 5.26 Å². The highest BCUT2D eigenvalue weighted by Crippen LogP contribution is 2.34. The number of likely N-dealkylation sites (tertiary alicyclic amines) is 1. The summed E-state index contributed by atoms with van der Waals surface area (Å²) < 4.78 is 0. The number of nitrogens with zero attached hydrogens (tertiary/aromatic N) is 2. The highest BCUT2D eigenvalue weighted by molar-refractivity contribution is 4.93. The Hall–Kier alpha value is -0.550. The van der Waals surface area contributed by atoms with E-state index in [1.54, 1.807) is 0 Å². The monoisotopic (exact) mass is 180 g/mol. The zero-order valence-corrected chi connectivity index (χ0v) is 9.17. The first-order chi connectivity index (χ1) is 5.95. The number of hydrogen-bond acceptors (Lipinski definition) is 2. The molecule has 0 aromatic carbocycles. The van der Waals surface area contributed by atoms with Crippen LogP contribution in [-0.2, 0) is 0 Å². The second-order valence-corrected chi connectivity index (χ2v) is 5.15. The third kappa shape index (κ3) is 2.45. The van der Waals surface area contributed by atoms with E-state index in [4.69, 9.17) is 5.26 Å². The van der Waals surface area contributed by atoms with Gasteiger partial charge >= 0.3 is 0 Å². The summed E-state index contributed by atoms with van der Waals surface area (Å²) in [6, 6.07) is 2.39. The first kappa shape index (κ1) is 10.5. The molecule has 0 N–H and O–H groups in total. The van der Waals surface area contributed by atoms with E-state index in [1.165, 1.54) is 6.42 Å². The Morgan fingerprint density at radius 1 is 1.46 bits per heavy atom. The van der Waals surface area contributed by atoms with Gasteiger partial charge in [-0.1, -0.05) is 20.8 Å². The molecule has 1 aliphatic heterocycles. The molecule has 13 heavy (non-hydrogen) atoms. The average Bonchev–Trinajstić information content (AvgIpc) is 2.50. The van der Waals surface area contributed by atoms with Crippen LogP contribution in [0.1, 0.15) is 34.1 Å². The fourth-order valence-electron chi connectivity index (χ4n) is 1.93. The molecule has 2 heteroatoms. The summed E-state index contributed by atoms with van der Waals surface area (Å²) in [7, 11) is 0. The van der Waals surface area contributed by atoms with Crippen molar-refractivity contribution in [3.05, 3.63) is 0 Å². The van der Waals surface area contributed by atoms with Crippen molar-refractivity contribution in [2.24, 2.45) is 11.3 Å². The molecule has 0 aromatic rings. The molecule has 0 aliphatic carbocycles. The van der Waals surface area contributed by atoms with E-state index in [1.807, 2.05) is 6.92 Å². The van der Waals surface area contributed by atoms with Crippen LogP contribution < -0.4 is 0 Å². The Balaban J connectivity index is 2.51. The van der Waals surface area contributed by atoms with Crippen molar-refractivity contribution < 1.29 is 0 Å². The molecule has 0 amide bonds. The van der Waals surface area contributed by atoms with Crippen LogP contribution in [0, 0.1) is 22.7 Å². The highest BCUT2D eigenvalue weighted by atomic mass is 15.2. The summed E-state index contributed by atoms with van der Waals surface area (Å²) in [6.07, 6.45) is 1.25. The van der Waals surface area contributed by atoms with E-state index < -0.39 is 0 Å². The molecule has 1 rings (SSSR count). The Labute approximate surface area is 81.5 Å². The highest BCUT2D eigenvalue weighted by Gasteiger charge is 2.33. The van der Waals surface area contributed by atoms with Gasteiger partial charge < -0.3 is 0 Å². The molecule has 2 nitrogen and oxygen atoms in total. The van der Waals surface area contributed by atoms with Crippen LogP contribution in [0.25, 0.3) is 0 Å². The topological polar surface area (TPSA) is 27.0 Å². The zero-order chi connectivity index (χ0) is 10.1. The van der Waals surface area contributed by atoms with Gasteiger partial charge in [0.15, 0.2) is 0 Å². The summed E-state index contributed by atoms with van der Waals surface area (Å²) in [5.41, 5.74) is 0.393. The molecule has 1 heterocycles. The van der Waals surface area contributed by atoms with Gasteiger partial charge in [-0.25, -0.2) is 0 Å². The van der Waals surface area contributed by atoms with E-state index in [2.05, 4.69) is 31.7 Å². The van der Waals surface area contributed by atoms with E-state index in [9.17, 15) is 0 Å². The SMILES string of the molecule is CC(C#N)N1CCC(C(C)(C)C)C1. The van der Waals surface area contributed by atoms with Crippen LogP contribution in [-0.4, -0.2) is 24.0 Å². The lowest BCUT2D eigenvalue weighted by atomic mass is 9.80. The van der Waals surface area contributed by atoms with Crippen molar-refractivity contribution in [3.8, 4) is 6.07 Å². The van der Waals surface area contributed by atoms with Crippen molar-refractivity contribution >= 4 is 0 Å². The van der Waals surface area contributed by atoms with Crippen LogP contribution in [0.15, 0.2) is 0 Å². The number of nitriles is 1. The van der Waals surface area contributed by atoms with Crippen molar-refractivity contribution in [2.45, 2.75) is 40.2 Å². The maximum Gasteiger partial charge on any atom is 0.0949 e. The van der Waals surface area contributed by atoms with Gasteiger partial charge in [-0.3, -0.25) is 4.90 Å². The summed E-state index contributed by atoms with van der Waals surface area (Å²) in [4.78, 5) is 2.29. The van der Waals surface area contributed by atoms with Crippen molar-refractivity contribution in [3.63, 3.8) is 0 Å². The number of rotatable bonds is 1. The van der Waals surface area contributed by atoms with E-state index in [0.717, 1.165) is 19.0 Å². The normalized spacial score (nSPS) is 27.2. The second kappa shape index (κ2) is 3.67. The molecular weight excluding hydrogens is 160 g/mol. The van der Waals surface area contributed by atoms with Gasteiger partial charge in [0.05, 0.1) is 12.1 Å². The van der Waals surface area contributed by atoms with Crippen molar-refractivity contribution in [1.29, 1.82) is 5.26 Å². The summed E-state index contributed by atoms with van der Waals surface area (Å²) >= 11 is 0. The van der Waals surface area contributed by atoms with Crippen LogP contribution in [0.5, 0.6) is 0 Å². The fourth-order valence-corrected chi connectivity index (χ4v) is 1.93. The van der Waals surface area contributed by atoms with E-state index in [0.29, 0.717) is 5.41 Å². The summed E-state index contributed by atoms with van der Waals surface area (Å²) in [6.45, 7) is 11.1. The molecule has 1 saturated heterocycles. The smallest absolute Gasteiger partial charge is 0.0949 e. The van der Waals surface area contributed by atoms with Crippen LogP contribution in [0.4, 0.5) is 0 Å². The molecule has 0 aromatic heterocycles. The third-order valence-electron chi connectivity index (χ3n) is 3.18. The second-order valence-electron chi connectivity index (χ2n) is 5.15. The summed E-state index contributed by atoms with van der Waals surface area (Å²) in [5.74, 6) is 0.753. The predicted octanol–water partition coefficient (Wildman–Crippen LogP) is 2.27. The maximum atomic E-state index is 8.79. The molecule has 0 radical (unpaired) electrons. The minimum absolute atomic E-state index is 0.0901. The molecular formula is C11H20N2. The minimum Gasteiger partial charge on any atom is -0.288 e. The average molecular weight is 180 g/mol.